The van der Waals surface area contributed by atoms with Gasteiger partial charge in [-0.15, -0.1) is 6.58 Å². The highest BCUT2D eigenvalue weighted by Crippen LogP contribution is 2.34. The number of nitro benzene ring substituents is 1. The molecule has 2 aromatic carbocycles. The maximum atomic E-state index is 13.0. The van der Waals surface area contributed by atoms with Gasteiger partial charge < -0.3 is 9.47 Å². The maximum absolute atomic E-state index is 13.0. The summed E-state index contributed by atoms with van der Waals surface area (Å²) in [5.41, 5.74) is 0.00555. The topological polar surface area (TPSA) is 99.0 Å². The van der Waals surface area contributed by atoms with Gasteiger partial charge in [0.1, 0.15) is 0 Å². The lowest BCUT2D eigenvalue weighted by Crippen LogP contribution is -2.31. The molecule has 0 heterocycles. The number of hydrogen-bond acceptors (Lipinski definition) is 6. The van der Waals surface area contributed by atoms with Crippen molar-refractivity contribution in [3.05, 3.63) is 65.2 Å². The zero-order valence-electron chi connectivity index (χ0n) is 14.3. The molecule has 0 N–H and O–H groups in total. The zero-order valence-corrected chi connectivity index (χ0v) is 15.1. The first-order valence-corrected chi connectivity index (χ1v) is 8.89. The molecule has 8 nitrogen and oxygen atoms in total. The van der Waals surface area contributed by atoms with E-state index in [1.807, 2.05) is 0 Å². The third kappa shape index (κ3) is 3.77. The first-order chi connectivity index (χ1) is 12.3. The third-order valence-electron chi connectivity index (χ3n) is 3.57. The van der Waals surface area contributed by atoms with E-state index in [0.29, 0.717) is 17.2 Å². The first kappa shape index (κ1) is 19.3. The Balaban J connectivity index is 2.57. The van der Waals surface area contributed by atoms with Gasteiger partial charge in [-0.25, -0.2) is 8.42 Å². The fraction of sp³-hybridized carbons (Fsp3) is 0.176. The lowest BCUT2D eigenvalue weighted by molar-refractivity contribution is -0.385. The Morgan fingerprint density at radius 2 is 1.85 bits per heavy atom. The molecule has 0 bridgehead atoms. The SMILES string of the molecule is C=CCN(c1ccc(OC)c(OC)c1)S(=O)(=O)c1cccc([N+](=O)[O-])c1. The van der Waals surface area contributed by atoms with E-state index in [9.17, 15) is 18.5 Å². The number of benzene rings is 2. The van der Waals surface area contributed by atoms with Gasteiger partial charge in [0.15, 0.2) is 11.5 Å². The number of methoxy groups -OCH3 is 2. The number of anilines is 1. The lowest BCUT2D eigenvalue weighted by Gasteiger charge is -2.24. The normalized spacial score (nSPS) is 10.8. The van der Waals surface area contributed by atoms with Crippen LogP contribution < -0.4 is 13.8 Å². The van der Waals surface area contributed by atoms with Crippen molar-refractivity contribution < 1.29 is 22.8 Å². The van der Waals surface area contributed by atoms with Crippen molar-refractivity contribution in [2.24, 2.45) is 0 Å². The maximum Gasteiger partial charge on any atom is 0.270 e. The number of rotatable bonds is 8. The van der Waals surface area contributed by atoms with E-state index in [-0.39, 0.29) is 17.1 Å². The molecule has 26 heavy (non-hydrogen) atoms. The summed E-state index contributed by atoms with van der Waals surface area (Å²) in [6, 6.07) is 9.52. The van der Waals surface area contributed by atoms with Crippen LogP contribution in [0.1, 0.15) is 0 Å². The minimum Gasteiger partial charge on any atom is -0.493 e. The van der Waals surface area contributed by atoms with E-state index in [0.717, 1.165) is 10.4 Å². The van der Waals surface area contributed by atoms with E-state index >= 15 is 0 Å². The Kier molecular flexibility index (Phi) is 5.83. The van der Waals surface area contributed by atoms with Gasteiger partial charge in [0.2, 0.25) is 0 Å². The summed E-state index contributed by atoms with van der Waals surface area (Å²) in [6.45, 7) is 3.56. The minimum atomic E-state index is -4.06. The van der Waals surface area contributed by atoms with Gasteiger partial charge in [-0.3, -0.25) is 14.4 Å². The number of sulfonamides is 1. The van der Waals surface area contributed by atoms with Crippen LogP contribution in [0.5, 0.6) is 11.5 Å². The summed E-state index contributed by atoms with van der Waals surface area (Å²) >= 11 is 0. The van der Waals surface area contributed by atoms with E-state index < -0.39 is 14.9 Å². The van der Waals surface area contributed by atoms with Crippen molar-refractivity contribution in [1.82, 2.24) is 0 Å². The molecule has 0 saturated carbocycles. The average molecular weight is 378 g/mol. The Morgan fingerprint density at radius 1 is 1.15 bits per heavy atom. The second-order valence-corrected chi connectivity index (χ2v) is 6.98. The number of non-ortho nitro benzene ring substituents is 1. The van der Waals surface area contributed by atoms with Gasteiger partial charge in [-0.2, -0.15) is 0 Å². The molecular weight excluding hydrogens is 360 g/mol. The Morgan fingerprint density at radius 3 is 2.42 bits per heavy atom. The van der Waals surface area contributed by atoms with Crippen molar-refractivity contribution in [3.8, 4) is 11.5 Å². The highest BCUT2D eigenvalue weighted by Gasteiger charge is 2.26. The number of nitro groups is 1. The molecule has 9 heteroatoms. The molecule has 0 aliphatic heterocycles. The van der Waals surface area contributed by atoms with Crippen LogP contribution in [0.4, 0.5) is 11.4 Å². The molecule has 0 unspecified atom stereocenters. The van der Waals surface area contributed by atoms with Gasteiger partial charge in [0.05, 0.1) is 36.3 Å². The van der Waals surface area contributed by atoms with E-state index in [4.69, 9.17) is 9.47 Å². The predicted molar refractivity (Wildman–Crippen MR) is 97.4 cm³/mol. The van der Waals surface area contributed by atoms with Gasteiger partial charge >= 0.3 is 0 Å². The number of nitrogens with zero attached hydrogens (tertiary/aromatic N) is 2. The van der Waals surface area contributed by atoms with Crippen molar-refractivity contribution in [2.75, 3.05) is 25.1 Å². The second-order valence-electron chi connectivity index (χ2n) is 5.12. The molecule has 0 atom stereocenters. The standard InChI is InChI=1S/C17H18N2O6S/c1-4-10-18(13-8-9-16(24-2)17(12-13)25-3)26(22,23)15-7-5-6-14(11-15)19(20)21/h4-9,11-12H,1,10H2,2-3H3. The highest BCUT2D eigenvalue weighted by molar-refractivity contribution is 7.92. The van der Waals surface area contributed by atoms with Crippen molar-refractivity contribution in [3.63, 3.8) is 0 Å². The van der Waals surface area contributed by atoms with Gasteiger partial charge in [-0.1, -0.05) is 12.1 Å². The Bertz CT molecular complexity index is 927. The van der Waals surface area contributed by atoms with Crippen LogP contribution in [-0.2, 0) is 10.0 Å². The quantitative estimate of drug-likeness (QED) is 0.398. The summed E-state index contributed by atoms with van der Waals surface area (Å²) in [6.07, 6.45) is 1.42. The zero-order chi connectivity index (χ0) is 19.3. The van der Waals surface area contributed by atoms with E-state index in [1.165, 1.54) is 44.6 Å². The van der Waals surface area contributed by atoms with Crippen LogP contribution >= 0.6 is 0 Å². The first-order valence-electron chi connectivity index (χ1n) is 7.45. The van der Waals surface area contributed by atoms with E-state index in [1.54, 1.807) is 12.1 Å². The number of hydrogen-bond donors (Lipinski definition) is 0. The summed E-state index contributed by atoms with van der Waals surface area (Å²) in [5.74, 6) is 0.802. The third-order valence-corrected chi connectivity index (χ3v) is 5.36. The Hall–Kier alpha value is -3.07. The summed E-state index contributed by atoms with van der Waals surface area (Å²) in [5, 5.41) is 11.0. The summed E-state index contributed by atoms with van der Waals surface area (Å²) in [7, 11) is -1.15. The van der Waals surface area contributed by atoms with Crippen molar-refractivity contribution >= 4 is 21.4 Å². The average Bonchev–Trinajstić information content (AvgIpc) is 2.65. The molecule has 2 aromatic rings. The van der Waals surface area contributed by atoms with Crippen LogP contribution in [0.25, 0.3) is 0 Å². The summed E-state index contributed by atoms with van der Waals surface area (Å²) in [4.78, 5) is 10.1. The molecule has 0 aliphatic rings. The molecule has 0 amide bonds. The monoisotopic (exact) mass is 378 g/mol. The summed E-state index contributed by atoms with van der Waals surface area (Å²) < 4.78 is 37.5. The van der Waals surface area contributed by atoms with Crippen LogP contribution in [0.2, 0.25) is 0 Å². The molecule has 0 spiro atoms. The lowest BCUT2D eigenvalue weighted by atomic mass is 10.2. The van der Waals surface area contributed by atoms with Gasteiger partial charge in [0.25, 0.3) is 15.7 Å². The van der Waals surface area contributed by atoms with E-state index in [2.05, 4.69) is 6.58 Å². The number of ether oxygens (including phenoxy) is 2. The molecule has 0 aromatic heterocycles. The van der Waals surface area contributed by atoms with Crippen molar-refractivity contribution in [1.29, 1.82) is 0 Å². The molecular formula is C17H18N2O6S. The van der Waals surface area contributed by atoms with Crippen LogP contribution in [0.3, 0.4) is 0 Å². The Labute approximate surface area is 151 Å². The molecule has 0 aliphatic carbocycles. The molecule has 2 rings (SSSR count). The second kappa shape index (κ2) is 7.87. The van der Waals surface area contributed by atoms with Crippen LogP contribution in [-0.4, -0.2) is 34.1 Å². The highest BCUT2D eigenvalue weighted by atomic mass is 32.2. The van der Waals surface area contributed by atoms with Crippen molar-refractivity contribution in [2.45, 2.75) is 4.90 Å². The van der Waals surface area contributed by atoms with Gasteiger partial charge in [-0.05, 0) is 18.2 Å². The van der Waals surface area contributed by atoms with Crippen LogP contribution in [0, 0.1) is 10.1 Å². The van der Waals surface area contributed by atoms with Crippen LogP contribution in [0.15, 0.2) is 60.0 Å². The molecule has 0 radical (unpaired) electrons. The fourth-order valence-electron chi connectivity index (χ4n) is 2.32. The van der Waals surface area contributed by atoms with Gasteiger partial charge in [0, 0.05) is 18.2 Å². The predicted octanol–water partition coefficient (Wildman–Crippen LogP) is 2.99. The molecule has 0 saturated heterocycles. The fourth-order valence-corrected chi connectivity index (χ4v) is 3.79. The minimum absolute atomic E-state index is 0.0273. The molecule has 138 valence electrons. The smallest absolute Gasteiger partial charge is 0.270 e. The molecule has 0 fully saturated rings. The largest absolute Gasteiger partial charge is 0.493 e.